The molecule has 144 valence electrons. The molecule has 6 nitrogen and oxygen atoms in total. The molecular weight excluding hydrogens is 332 g/mol. The first-order valence-electron chi connectivity index (χ1n) is 8.79. The van der Waals surface area contributed by atoms with Crippen LogP contribution in [0.3, 0.4) is 0 Å². The highest BCUT2D eigenvalue weighted by Gasteiger charge is 2.20. The summed E-state index contributed by atoms with van der Waals surface area (Å²) in [4.78, 5) is 27.9. The van der Waals surface area contributed by atoms with E-state index in [0.717, 1.165) is 17.9 Å². The molecule has 0 aliphatic carbocycles. The van der Waals surface area contributed by atoms with Crippen molar-refractivity contribution in [1.82, 2.24) is 9.80 Å². The number of carbonyl (C=O) groups excluding carboxylic acids is 2. The lowest BCUT2D eigenvalue weighted by atomic mass is 10.1. The molecule has 1 rings (SSSR count). The van der Waals surface area contributed by atoms with E-state index in [1.165, 1.54) is 13.2 Å². The average molecular weight is 362 g/mol. The summed E-state index contributed by atoms with van der Waals surface area (Å²) < 4.78 is 10.2. The SMILES string of the molecule is CCOc1ccc(/C=C/C(=O)N(CCN(C)C)CC(C)C(=O)OC)cc1. The van der Waals surface area contributed by atoms with E-state index >= 15 is 0 Å². The Balaban J connectivity index is 2.77. The van der Waals surface area contributed by atoms with Crippen molar-refractivity contribution in [3.05, 3.63) is 35.9 Å². The van der Waals surface area contributed by atoms with E-state index in [1.54, 1.807) is 17.9 Å². The molecule has 1 amide bonds. The van der Waals surface area contributed by atoms with Crippen LogP contribution in [0.4, 0.5) is 0 Å². The Kier molecular flexibility index (Phi) is 9.44. The predicted molar refractivity (Wildman–Crippen MR) is 103 cm³/mol. The second-order valence-electron chi connectivity index (χ2n) is 6.35. The van der Waals surface area contributed by atoms with E-state index in [9.17, 15) is 9.59 Å². The Morgan fingerprint density at radius 2 is 1.81 bits per heavy atom. The fourth-order valence-electron chi connectivity index (χ4n) is 2.33. The van der Waals surface area contributed by atoms with Crippen LogP contribution in [0.1, 0.15) is 19.4 Å². The van der Waals surface area contributed by atoms with E-state index < -0.39 is 0 Å². The monoisotopic (exact) mass is 362 g/mol. The van der Waals surface area contributed by atoms with E-state index in [0.29, 0.717) is 19.7 Å². The fourth-order valence-corrected chi connectivity index (χ4v) is 2.33. The van der Waals surface area contributed by atoms with Gasteiger partial charge in [-0.2, -0.15) is 0 Å². The first-order valence-corrected chi connectivity index (χ1v) is 8.79. The molecule has 1 aromatic rings. The molecule has 6 heteroatoms. The minimum absolute atomic E-state index is 0.128. The van der Waals surface area contributed by atoms with E-state index in [4.69, 9.17) is 9.47 Å². The van der Waals surface area contributed by atoms with Crippen molar-refractivity contribution in [3.63, 3.8) is 0 Å². The molecule has 0 N–H and O–H groups in total. The fraction of sp³-hybridized carbons (Fsp3) is 0.500. The van der Waals surface area contributed by atoms with Crippen molar-refractivity contribution >= 4 is 18.0 Å². The lowest BCUT2D eigenvalue weighted by Crippen LogP contribution is -2.40. The molecule has 0 aliphatic heterocycles. The zero-order chi connectivity index (χ0) is 19.5. The zero-order valence-electron chi connectivity index (χ0n) is 16.4. The minimum Gasteiger partial charge on any atom is -0.494 e. The molecule has 0 aromatic heterocycles. The number of amides is 1. The van der Waals surface area contributed by atoms with Gasteiger partial charge in [0.25, 0.3) is 0 Å². The molecule has 1 unspecified atom stereocenters. The van der Waals surface area contributed by atoms with Gasteiger partial charge in [0.2, 0.25) is 5.91 Å². The molecule has 0 heterocycles. The maximum Gasteiger partial charge on any atom is 0.310 e. The lowest BCUT2D eigenvalue weighted by Gasteiger charge is -2.25. The average Bonchev–Trinajstić information content (AvgIpc) is 2.63. The summed E-state index contributed by atoms with van der Waals surface area (Å²) in [6, 6.07) is 7.54. The van der Waals surface area contributed by atoms with Gasteiger partial charge in [0.05, 0.1) is 19.6 Å². The van der Waals surface area contributed by atoms with Crippen LogP contribution in [0, 0.1) is 5.92 Å². The molecule has 0 radical (unpaired) electrons. The molecule has 0 saturated heterocycles. The standard InChI is InChI=1S/C20H30N2O4/c1-6-26-18-10-7-17(8-11-18)9-12-19(23)22(14-13-21(3)4)15-16(2)20(24)25-5/h7-12,16H,6,13-15H2,1-5H3/b12-9+. The van der Waals surface area contributed by atoms with Gasteiger partial charge in [-0.1, -0.05) is 19.1 Å². The van der Waals surface area contributed by atoms with Crippen LogP contribution in [0.2, 0.25) is 0 Å². The van der Waals surface area contributed by atoms with Crippen LogP contribution in [-0.4, -0.2) is 69.1 Å². The number of hydrogen-bond acceptors (Lipinski definition) is 5. The molecule has 1 aromatic carbocycles. The highest BCUT2D eigenvalue weighted by atomic mass is 16.5. The second-order valence-corrected chi connectivity index (χ2v) is 6.35. The summed E-state index contributed by atoms with van der Waals surface area (Å²) in [5.74, 6) is -0.0138. The smallest absolute Gasteiger partial charge is 0.310 e. The first kappa shape index (κ1) is 21.7. The number of ether oxygens (including phenoxy) is 2. The van der Waals surface area contributed by atoms with E-state index in [2.05, 4.69) is 0 Å². The quantitative estimate of drug-likeness (QED) is 0.472. The topological polar surface area (TPSA) is 59.1 Å². The van der Waals surface area contributed by atoms with Crippen molar-refractivity contribution in [1.29, 1.82) is 0 Å². The van der Waals surface area contributed by atoms with Crippen molar-refractivity contribution in [3.8, 4) is 5.75 Å². The van der Waals surface area contributed by atoms with Gasteiger partial charge in [-0.15, -0.1) is 0 Å². The van der Waals surface area contributed by atoms with Crippen LogP contribution in [0.5, 0.6) is 5.75 Å². The maximum atomic E-state index is 12.6. The molecule has 0 spiro atoms. The summed E-state index contributed by atoms with van der Waals surface area (Å²) >= 11 is 0. The third-order valence-electron chi connectivity index (χ3n) is 3.84. The van der Waals surface area contributed by atoms with Gasteiger partial charge in [0.15, 0.2) is 0 Å². The molecule has 0 bridgehead atoms. The van der Waals surface area contributed by atoms with E-state index in [1.807, 2.05) is 50.2 Å². The lowest BCUT2D eigenvalue weighted by molar-refractivity contribution is -0.146. The molecule has 0 aliphatic rings. The van der Waals surface area contributed by atoms with Crippen LogP contribution in [-0.2, 0) is 14.3 Å². The number of hydrogen-bond donors (Lipinski definition) is 0. The van der Waals surface area contributed by atoms with Crippen molar-refractivity contribution < 1.29 is 19.1 Å². The Labute approximate surface area is 156 Å². The molecule has 0 saturated carbocycles. The van der Waals surface area contributed by atoms with Gasteiger partial charge >= 0.3 is 5.97 Å². The molecule has 26 heavy (non-hydrogen) atoms. The van der Waals surface area contributed by atoms with Crippen LogP contribution < -0.4 is 4.74 Å². The number of rotatable bonds is 10. The van der Waals surface area contributed by atoms with Crippen LogP contribution >= 0.6 is 0 Å². The number of methoxy groups -OCH3 is 1. The first-order chi connectivity index (χ1) is 12.4. The third kappa shape index (κ3) is 7.70. The van der Waals surface area contributed by atoms with Gasteiger partial charge in [0, 0.05) is 25.7 Å². The molecule has 1 atom stereocenters. The Hall–Kier alpha value is -2.34. The normalized spacial score (nSPS) is 12.2. The second kappa shape index (κ2) is 11.3. The predicted octanol–water partition coefficient (Wildman–Crippen LogP) is 2.30. The van der Waals surface area contributed by atoms with Gasteiger partial charge in [0.1, 0.15) is 5.75 Å². The zero-order valence-corrected chi connectivity index (χ0v) is 16.4. The Morgan fingerprint density at radius 3 is 2.35 bits per heavy atom. The van der Waals surface area contributed by atoms with Gasteiger partial charge in [-0.3, -0.25) is 9.59 Å². The maximum absolute atomic E-state index is 12.6. The number of carbonyl (C=O) groups is 2. The number of nitrogens with zero attached hydrogens (tertiary/aromatic N) is 2. The Morgan fingerprint density at radius 1 is 1.15 bits per heavy atom. The van der Waals surface area contributed by atoms with Gasteiger partial charge < -0.3 is 19.3 Å². The van der Waals surface area contributed by atoms with E-state index in [-0.39, 0.29) is 17.8 Å². The highest BCUT2D eigenvalue weighted by Crippen LogP contribution is 2.13. The number of benzene rings is 1. The Bertz CT molecular complexity index is 596. The minimum atomic E-state index is -0.370. The number of likely N-dealkylation sites (N-methyl/N-ethyl adjacent to an activating group) is 1. The summed E-state index contributed by atoms with van der Waals surface area (Å²) in [7, 11) is 5.25. The van der Waals surface area contributed by atoms with Crippen LogP contribution in [0.25, 0.3) is 6.08 Å². The van der Waals surface area contributed by atoms with Crippen LogP contribution in [0.15, 0.2) is 30.3 Å². The van der Waals surface area contributed by atoms with Crippen molar-refractivity contribution in [2.24, 2.45) is 5.92 Å². The summed E-state index contributed by atoms with van der Waals surface area (Å²) in [6.45, 7) is 5.90. The van der Waals surface area contributed by atoms with Crippen molar-refractivity contribution in [2.75, 3.05) is 47.4 Å². The van der Waals surface area contributed by atoms with Gasteiger partial charge in [-0.05, 0) is 44.8 Å². The summed E-state index contributed by atoms with van der Waals surface area (Å²) in [6.07, 6.45) is 3.30. The third-order valence-corrected chi connectivity index (χ3v) is 3.84. The highest BCUT2D eigenvalue weighted by molar-refractivity contribution is 5.92. The summed E-state index contributed by atoms with van der Waals surface area (Å²) in [5, 5.41) is 0. The molecule has 0 fully saturated rings. The largest absolute Gasteiger partial charge is 0.494 e. The molecular formula is C20H30N2O4. The van der Waals surface area contributed by atoms with Crippen molar-refractivity contribution in [2.45, 2.75) is 13.8 Å². The summed E-state index contributed by atoms with van der Waals surface area (Å²) in [5.41, 5.74) is 0.912. The van der Waals surface area contributed by atoms with Gasteiger partial charge in [-0.25, -0.2) is 0 Å². The number of esters is 1.